The minimum atomic E-state index is 0.122. The molecule has 0 rings (SSSR count). The zero-order valence-corrected chi connectivity index (χ0v) is 31.7. The van der Waals surface area contributed by atoms with Crippen molar-refractivity contribution in [2.45, 2.75) is 200 Å². The van der Waals surface area contributed by atoms with E-state index in [2.05, 4.69) is 41.5 Å². The van der Waals surface area contributed by atoms with Crippen LogP contribution in [0.4, 0.5) is 0 Å². The van der Waals surface area contributed by atoms with Crippen LogP contribution < -0.4 is 16.4 Å². The third-order valence-corrected chi connectivity index (χ3v) is 9.45. The first kappa shape index (κ1) is 45.6. The molecule has 6 nitrogen and oxygen atoms in total. The summed E-state index contributed by atoms with van der Waals surface area (Å²) in [6.45, 7) is 8.78. The summed E-state index contributed by atoms with van der Waals surface area (Å²) in [4.78, 5) is 27.1. The van der Waals surface area contributed by atoms with Crippen LogP contribution in [0, 0.1) is 0 Å². The molecule has 0 aromatic rings. The lowest BCUT2D eigenvalue weighted by molar-refractivity contribution is -0.121. The molecule has 0 heterocycles. The molecule has 6 heteroatoms. The van der Waals surface area contributed by atoms with Crippen molar-refractivity contribution < 1.29 is 9.59 Å². The lowest BCUT2D eigenvalue weighted by Crippen LogP contribution is -2.35. The quantitative estimate of drug-likeness (QED) is 0.0453. The zero-order chi connectivity index (χ0) is 34.3. The molecular weight excluding hydrogens is 580 g/mol. The number of nitrogens with two attached hydrogens (primary N) is 1. The van der Waals surface area contributed by atoms with E-state index in [1.165, 1.54) is 154 Å². The normalized spacial score (nSPS) is 11.6. The second-order valence-electron chi connectivity index (χ2n) is 14.0. The van der Waals surface area contributed by atoms with Crippen molar-refractivity contribution in [2.24, 2.45) is 5.73 Å². The van der Waals surface area contributed by atoms with Crippen LogP contribution in [0.1, 0.15) is 200 Å². The van der Waals surface area contributed by atoms with Crippen LogP contribution in [0.5, 0.6) is 0 Å². The summed E-state index contributed by atoms with van der Waals surface area (Å²) < 4.78 is 0. The lowest BCUT2D eigenvalue weighted by Gasteiger charge is -2.21. The topological polar surface area (TPSA) is 87.5 Å². The highest BCUT2D eigenvalue weighted by Crippen LogP contribution is 2.14. The van der Waals surface area contributed by atoms with E-state index >= 15 is 0 Å². The Kier molecular flexibility index (Phi) is 37.9. The standard InChI is InChI=1S/C41H82N4O2/c1-3-5-7-9-11-13-15-17-18-20-22-24-26-28-30-36-44-41(47)33-39-45(37-31-34-42)38-32-40(46)43-35-29-27-25-23-21-19-16-14-12-10-8-6-4-2/h3,5H,4,6-39,42H2,1-2H3,(H,43,46)(H,44,47)/b5-3+. The van der Waals surface area contributed by atoms with E-state index in [1.807, 2.05) is 0 Å². The van der Waals surface area contributed by atoms with E-state index < -0.39 is 0 Å². The molecule has 47 heavy (non-hydrogen) atoms. The van der Waals surface area contributed by atoms with E-state index in [9.17, 15) is 9.59 Å². The third-order valence-electron chi connectivity index (χ3n) is 9.45. The Balaban J connectivity index is 3.68. The fourth-order valence-corrected chi connectivity index (χ4v) is 6.27. The van der Waals surface area contributed by atoms with Crippen LogP contribution in [-0.2, 0) is 9.59 Å². The molecule has 0 unspecified atom stereocenters. The van der Waals surface area contributed by atoms with E-state index in [-0.39, 0.29) is 11.8 Å². The molecular formula is C41H82N4O2. The van der Waals surface area contributed by atoms with Crippen LogP contribution in [0.3, 0.4) is 0 Å². The second-order valence-corrected chi connectivity index (χ2v) is 14.0. The largest absolute Gasteiger partial charge is 0.356 e. The maximum absolute atomic E-state index is 12.4. The molecule has 0 aromatic heterocycles. The Morgan fingerprint density at radius 2 is 0.872 bits per heavy atom. The van der Waals surface area contributed by atoms with Crippen molar-refractivity contribution in [1.29, 1.82) is 0 Å². The van der Waals surface area contributed by atoms with Gasteiger partial charge < -0.3 is 21.3 Å². The van der Waals surface area contributed by atoms with E-state index in [0.29, 0.717) is 32.5 Å². The summed E-state index contributed by atoms with van der Waals surface area (Å²) in [7, 11) is 0. The Hall–Kier alpha value is -1.40. The number of carbonyl (C=O) groups excluding carboxylic acids is 2. The maximum atomic E-state index is 12.4. The molecule has 0 aliphatic rings. The fraction of sp³-hybridized carbons (Fsp3) is 0.902. The molecule has 0 saturated carbocycles. The van der Waals surface area contributed by atoms with Gasteiger partial charge in [-0.3, -0.25) is 9.59 Å². The van der Waals surface area contributed by atoms with Crippen molar-refractivity contribution in [3.8, 4) is 0 Å². The second kappa shape index (κ2) is 39.0. The first-order valence-electron chi connectivity index (χ1n) is 20.7. The zero-order valence-electron chi connectivity index (χ0n) is 31.7. The average Bonchev–Trinajstić information content (AvgIpc) is 3.07. The van der Waals surface area contributed by atoms with Gasteiger partial charge in [-0.2, -0.15) is 0 Å². The molecule has 4 N–H and O–H groups in total. The van der Waals surface area contributed by atoms with Crippen molar-refractivity contribution in [3.63, 3.8) is 0 Å². The Bertz CT molecular complexity index is 684. The fourth-order valence-electron chi connectivity index (χ4n) is 6.27. The molecule has 0 spiro atoms. The van der Waals surface area contributed by atoms with Crippen molar-refractivity contribution in [3.05, 3.63) is 12.2 Å². The molecule has 278 valence electrons. The minimum absolute atomic E-state index is 0.122. The molecule has 2 amide bonds. The van der Waals surface area contributed by atoms with E-state index in [1.54, 1.807) is 0 Å². The van der Waals surface area contributed by atoms with Gasteiger partial charge in [-0.15, -0.1) is 0 Å². The van der Waals surface area contributed by atoms with Gasteiger partial charge in [-0.05, 0) is 52.1 Å². The number of amides is 2. The summed E-state index contributed by atoms with van der Waals surface area (Å²) in [5.74, 6) is 0.244. The number of allylic oxidation sites excluding steroid dienone is 2. The van der Waals surface area contributed by atoms with Crippen LogP contribution >= 0.6 is 0 Å². The number of carbonyl (C=O) groups is 2. The Labute approximate surface area is 293 Å². The average molecular weight is 663 g/mol. The smallest absolute Gasteiger partial charge is 0.221 e. The van der Waals surface area contributed by atoms with Gasteiger partial charge in [0.25, 0.3) is 0 Å². The molecule has 0 aromatic carbocycles. The Morgan fingerprint density at radius 1 is 0.511 bits per heavy atom. The summed E-state index contributed by atoms with van der Waals surface area (Å²) in [6, 6.07) is 0. The van der Waals surface area contributed by atoms with Crippen molar-refractivity contribution in [1.82, 2.24) is 15.5 Å². The number of hydrogen-bond donors (Lipinski definition) is 3. The lowest BCUT2D eigenvalue weighted by atomic mass is 10.0. The summed E-state index contributed by atoms with van der Waals surface area (Å²) in [5, 5.41) is 6.20. The van der Waals surface area contributed by atoms with Gasteiger partial charge in [0.1, 0.15) is 0 Å². The van der Waals surface area contributed by atoms with Gasteiger partial charge in [0, 0.05) is 39.0 Å². The highest BCUT2D eigenvalue weighted by atomic mass is 16.2. The highest BCUT2D eigenvalue weighted by Gasteiger charge is 2.10. The molecule has 0 atom stereocenters. The van der Waals surface area contributed by atoms with Crippen molar-refractivity contribution >= 4 is 11.8 Å². The van der Waals surface area contributed by atoms with E-state index in [0.717, 1.165) is 38.9 Å². The summed E-state index contributed by atoms with van der Waals surface area (Å²) >= 11 is 0. The van der Waals surface area contributed by atoms with Crippen LogP contribution in [0.15, 0.2) is 12.2 Å². The number of nitrogens with zero attached hydrogens (tertiary/aromatic N) is 1. The third kappa shape index (κ3) is 37.3. The first-order chi connectivity index (χ1) is 23.1. The van der Waals surface area contributed by atoms with Gasteiger partial charge >= 0.3 is 0 Å². The minimum Gasteiger partial charge on any atom is -0.356 e. The Morgan fingerprint density at radius 3 is 1.23 bits per heavy atom. The van der Waals surface area contributed by atoms with Gasteiger partial charge in [0.15, 0.2) is 0 Å². The first-order valence-corrected chi connectivity index (χ1v) is 20.7. The van der Waals surface area contributed by atoms with Gasteiger partial charge in [-0.25, -0.2) is 0 Å². The van der Waals surface area contributed by atoms with Gasteiger partial charge in [0.05, 0.1) is 0 Å². The SMILES string of the molecule is C/C=C/CCCCCCCCCCCCCCNC(=O)CCN(CCCN)CCC(=O)NCCCCCCCCCCCCCCC. The molecule has 0 saturated heterocycles. The molecule has 0 aliphatic heterocycles. The molecule has 0 bridgehead atoms. The maximum Gasteiger partial charge on any atom is 0.221 e. The number of nitrogens with one attached hydrogen (secondary N) is 2. The molecule has 0 aliphatic carbocycles. The summed E-state index contributed by atoms with van der Waals surface area (Å²) in [6.07, 6.45) is 40.8. The predicted octanol–water partition coefficient (Wildman–Crippen LogP) is 10.4. The van der Waals surface area contributed by atoms with Crippen LogP contribution in [-0.4, -0.2) is 56.0 Å². The molecule has 0 radical (unpaired) electrons. The number of hydrogen-bond acceptors (Lipinski definition) is 4. The van der Waals surface area contributed by atoms with Crippen LogP contribution in [0.25, 0.3) is 0 Å². The van der Waals surface area contributed by atoms with E-state index in [4.69, 9.17) is 5.73 Å². The van der Waals surface area contributed by atoms with Crippen molar-refractivity contribution in [2.75, 3.05) is 39.3 Å². The monoisotopic (exact) mass is 663 g/mol. The predicted molar refractivity (Wildman–Crippen MR) is 206 cm³/mol. The van der Waals surface area contributed by atoms with Crippen LogP contribution in [0.2, 0.25) is 0 Å². The highest BCUT2D eigenvalue weighted by molar-refractivity contribution is 5.76. The number of rotatable bonds is 38. The molecule has 0 fully saturated rings. The van der Waals surface area contributed by atoms with Gasteiger partial charge in [0.2, 0.25) is 11.8 Å². The van der Waals surface area contributed by atoms with Gasteiger partial charge in [-0.1, -0.05) is 160 Å². The summed E-state index contributed by atoms with van der Waals surface area (Å²) in [5.41, 5.74) is 5.74. The number of unbranched alkanes of at least 4 members (excludes halogenated alkanes) is 24.